The van der Waals surface area contributed by atoms with E-state index in [9.17, 15) is 4.79 Å². The van der Waals surface area contributed by atoms with Crippen molar-refractivity contribution in [2.75, 3.05) is 24.6 Å². The third-order valence-electron chi connectivity index (χ3n) is 4.15. The lowest BCUT2D eigenvalue weighted by Gasteiger charge is -2.18. The van der Waals surface area contributed by atoms with Crippen molar-refractivity contribution < 1.29 is 9.53 Å². The van der Waals surface area contributed by atoms with E-state index in [1.165, 1.54) is 12.8 Å². The zero-order valence-electron chi connectivity index (χ0n) is 11.4. The average molecular weight is 260 g/mol. The summed E-state index contributed by atoms with van der Waals surface area (Å²) in [6, 6.07) is 4.09. The largest absolute Gasteiger partial charge is 0.465 e. The van der Waals surface area contributed by atoms with Crippen molar-refractivity contribution in [2.24, 2.45) is 0 Å². The zero-order chi connectivity index (χ0) is 13.3. The molecular weight excluding hydrogens is 240 g/mol. The Bertz CT molecular complexity index is 460. The van der Waals surface area contributed by atoms with E-state index in [0.717, 1.165) is 37.3 Å². The Balaban J connectivity index is 1.77. The van der Waals surface area contributed by atoms with Crippen molar-refractivity contribution in [3.63, 3.8) is 0 Å². The van der Waals surface area contributed by atoms with Gasteiger partial charge in [0.25, 0.3) is 0 Å². The van der Waals surface area contributed by atoms with Crippen LogP contribution in [0.4, 0.5) is 5.82 Å². The lowest BCUT2D eigenvalue weighted by Crippen LogP contribution is -2.24. The molecule has 1 saturated heterocycles. The Morgan fingerprint density at radius 3 is 2.63 bits per heavy atom. The second kappa shape index (κ2) is 4.83. The number of esters is 1. The molecule has 0 spiro atoms. The molecular formula is C15H20N2O2. The van der Waals surface area contributed by atoms with Crippen LogP contribution < -0.4 is 4.90 Å². The highest BCUT2D eigenvalue weighted by Crippen LogP contribution is 2.49. The summed E-state index contributed by atoms with van der Waals surface area (Å²) in [5.41, 5.74) is 0.612. The predicted molar refractivity (Wildman–Crippen MR) is 73.2 cm³/mol. The highest BCUT2D eigenvalue weighted by Gasteiger charge is 2.53. The van der Waals surface area contributed by atoms with E-state index in [4.69, 9.17) is 4.74 Å². The van der Waals surface area contributed by atoms with E-state index in [1.807, 2.05) is 25.3 Å². The first kappa shape index (κ1) is 12.5. The molecule has 19 heavy (non-hydrogen) atoms. The molecule has 102 valence electrons. The first-order valence-electron chi connectivity index (χ1n) is 7.15. The fraction of sp³-hybridized carbons (Fsp3) is 0.600. The SMILES string of the molecule is CCOC(=O)C1(c2ccc(N3CCCC3)nc2)CC1. The van der Waals surface area contributed by atoms with E-state index in [1.54, 1.807) is 0 Å². The lowest BCUT2D eigenvalue weighted by atomic mass is 9.98. The molecule has 1 aliphatic carbocycles. The second-order valence-electron chi connectivity index (χ2n) is 5.40. The molecule has 0 radical (unpaired) electrons. The van der Waals surface area contributed by atoms with Gasteiger partial charge in [-0.1, -0.05) is 6.07 Å². The van der Waals surface area contributed by atoms with Gasteiger partial charge in [-0.3, -0.25) is 4.79 Å². The van der Waals surface area contributed by atoms with Crippen LogP contribution in [0.3, 0.4) is 0 Å². The molecule has 2 aliphatic rings. The lowest BCUT2D eigenvalue weighted by molar-refractivity contribution is -0.146. The van der Waals surface area contributed by atoms with Gasteiger partial charge in [0.1, 0.15) is 5.82 Å². The minimum Gasteiger partial charge on any atom is -0.465 e. The summed E-state index contributed by atoms with van der Waals surface area (Å²) in [6.45, 7) is 4.48. The minimum absolute atomic E-state index is 0.0919. The van der Waals surface area contributed by atoms with Gasteiger partial charge in [-0.25, -0.2) is 4.98 Å². The van der Waals surface area contributed by atoms with Crippen LogP contribution in [0, 0.1) is 0 Å². The summed E-state index contributed by atoms with van der Waals surface area (Å²) < 4.78 is 5.18. The molecule has 1 aromatic rings. The molecule has 4 nitrogen and oxygen atoms in total. The van der Waals surface area contributed by atoms with Crippen LogP contribution in [-0.4, -0.2) is 30.6 Å². The summed E-state index contributed by atoms with van der Waals surface area (Å²) in [5, 5.41) is 0. The number of aromatic nitrogens is 1. The van der Waals surface area contributed by atoms with Crippen molar-refractivity contribution >= 4 is 11.8 Å². The Hall–Kier alpha value is -1.58. The highest BCUT2D eigenvalue weighted by atomic mass is 16.5. The van der Waals surface area contributed by atoms with Gasteiger partial charge in [-0.15, -0.1) is 0 Å². The van der Waals surface area contributed by atoms with Gasteiger partial charge in [-0.2, -0.15) is 0 Å². The van der Waals surface area contributed by atoms with Crippen molar-refractivity contribution in [3.05, 3.63) is 23.9 Å². The summed E-state index contributed by atoms with van der Waals surface area (Å²) in [6.07, 6.45) is 6.12. The van der Waals surface area contributed by atoms with Crippen molar-refractivity contribution in [1.29, 1.82) is 0 Å². The van der Waals surface area contributed by atoms with Gasteiger partial charge in [0, 0.05) is 19.3 Å². The van der Waals surface area contributed by atoms with Crippen molar-refractivity contribution in [1.82, 2.24) is 4.98 Å². The van der Waals surface area contributed by atoms with Gasteiger partial charge < -0.3 is 9.64 Å². The standard InChI is InChI=1S/C15H20N2O2/c1-2-19-14(18)15(7-8-15)12-5-6-13(16-11-12)17-9-3-4-10-17/h5-6,11H,2-4,7-10H2,1H3. The number of hydrogen-bond acceptors (Lipinski definition) is 4. The fourth-order valence-electron chi connectivity index (χ4n) is 2.81. The Labute approximate surface area is 113 Å². The quantitative estimate of drug-likeness (QED) is 0.779. The van der Waals surface area contributed by atoms with Gasteiger partial charge in [0.15, 0.2) is 0 Å². The minimum atomic E-state index is -0.396. The number of carbonyl (C=O) groups excluding carboxylic acids is 1. The summed E-state index contributed by atoms with van der Waals surface area (Å²) in [7, 11) is 0. The van der Waals surface area contributed by atoms with Crippen LogP contribution in [0.1, 0.15) is 38.2 Å². The summed E-state index contributed by atoms with van der Waals surface area (Å²) in [4.78, 5) is 18.8. The van der Waals surface area contributed by atoms with Crippen LogP contribution in [0.25, 0.3) is 0 Å². The average Bonchev–Trinajstić information content (AvgIpc) is 3.07. The smallest absolute Gasteiger partial charge is 0.316 e. The van der Waals surface area contributed by atoms with Crippen LogP contribution in [-0.2, 0) is 14.9 Å². The van der Waals surface area contributed by atoms with E-state index in [-0.39, 0.29) is 5.97 Å². The van der Waals surface area contributed by atoms with E-state index in [2.05, 4.69) is 9.88 Å². The molecule has 0 N–H and O–H groups in total. The molecule has 1 aliphatic heterocycles. The van der Waals surface area contributed by atoms with Crippen LogP contribution in [0.5, 0.6) is 0 Å². The Kier molecular flexibility index (Phi) is 3.17. The van der Waals surface area contributed by atoms with E-state index < -0.39 is 5.41 Å². The van der Waals surface area contributed by atoms with E-state index in [0.29, 0.717) is 6.61 Å². The highest BCUT2D eigenvalue weighted by molar-refractivity contribution is 5.86. The molecule has 1 aromatic heterocycles. The van der Waals surface area contributed by atoms with Gasteiger partial charge in [-0.05, 0) is 44.2 Å². The fourth-order valence-corrected chi connectivity index (χ4v) is 2.81. The number of hydrogen-bond donors (Lipinski definition) is 0. The third-order valence-corrected chi connectivity index (χ3v) is 4.15. The first-order valence-corrected chi connectivity index (χ1v) is 7.15. The summed E-state index contributed by atoms with van der Waals surface area (Å²) >= 11 is 0. The number of ether oxygens (including phenoxy) is 1. The monoisotopic (exact) mass is 260 g/mol. The maximum Gasteiger partial charge on any atom is 0.316 e. The molecule has 1 saturated carbocycles. The van der Waals surface area contributed by atoms with Crippen LogP contribution in [0.2, 0.25) is 0 Å². The number of anilines is 1. The number of carbonyl (C=O) groups is 1. The molecule has 0 atom stereocenters. The normalized spacial score (nSPS) is 20.4. The molecule has 0 amide bonds. The topological polar surface area (TPSA) is 42.4 Å². The number of rotatable bonds is 4. The summed E-state index contributed by atoms with van der Waals surface area (Å²) in [5.74, 6) is 0.937. The Morgan fingerprint density at radius 2 is 2.11 bits per heavy atom. The second-order valence-corrected chi connectivity index (χ2v) is 5.40. The van der Waals surface area contributed by atoms with Crippen LogP contribution in [0.15, 0.2) is 18.3 Å². The van der Waals surface area contributed by atoms with Gasteiger partial charge in [0.05, 0.1) is 12.0 Å². The van der Waals surface area contributed by atoms with E-state index >= 15 is 0 Å². The molecule has 0 unspecified atom stereocenters. The number of nitrogens with zero attached hydrogens (tertiary/aromatic N) is 2. The molecule has 2 heterocycles. The third kappa shape index (κ3) is 2.20. The molecule has 2 fully saturated rings. The molecule has 0 aromatic carbocycles. The maximum atomic E-state index is 12.0. The number of pyridine rings is 1. The predicted octanol–water partition coefficient (Wildman–Crippen LogP) is 2.28. The maximum absolute atomic E-state index is 12.0. The van der Waals surface area contributed by atoms with Crippen LogP contribution >= 0.6 is 0 Å². The van der Waals surface area contributed by atoms with Gasteiger partial charge >= 0.3 is 5.97 Å². The Morgan fingerprint density at radius 1 is 1.37 bits per heavy atom. The molecule has 4 heteroatoms. The molecule has 0 bridgehead atoms. The zero-order valence-corrected chi connectivity index (χ0v) is 11.4. The van der Waals surface area contributed by atoms with Gasteiger partial charge in [0.2, 0.25) is 0 Å². The van der Waals surface area contributed by atoms with Crippen molar-refractivity contribution in [3.8, 4) is 0 Å². The first-order chi connectivity index (χ1) is 9.26. The van der Waals surface area contributed by atoms with Crippen molar-refractivity contribution in [2.45, 2.75) is 38.0 Å². The molecule has 3 rings (SSSR count).